The molecule has 0 atom stereocenters. The lowest BCUT2D eigenvalue weighted by atomic mass is 9.69. The lowest BCUT2D eigenvalue weighted by Gasteiger charge is -2.37. The van der Waals surface area contributed by atoms with Crippen molar-refractivity contribution in [1.82, 2.24) is 20.2 Å². The van der Waals surface area contributed by atoms with Crippen LogP contribution in [0, 0.1) is 12.3 Å². The summed E-state index contributed by atoms with van der Waals surface area (Å²) in [6.45, 7) is 2.35. The summed E-state index contributed by atoms with van der Waals surface area (Å²) in [4.78, 5) is 12.4. The monoisotopic (exact) mass is 278 g/mol. The van der Waals surface area contributed by atoms with E-state index >= 15 is 0 Å². The largest absolute Gasteiger partial charge is 0.481 e. The maximum Gasteiger partial charge on any atom is 0.311 e. The first-order valence-corrected chi connectivity index (χ1v) is 7.04. The zero-order valence-electron chi connectivity index (χ0n) is 10.5. The molecule has 0 saturated heterocycles. The van der Waals surface area contributed by atoms with Crippen LogP contribution in [0.15, 0.2) is 11.4 Å². The molecule has 0 spiro atoms. The highest BCUT2D eigenvalue weighted by molar-refractivity contribution is 7.13. The second-order valence-corrected chi connectivity index (χ2v) is 5.95. The second kappa shape index (κ2) is 4.41. The number of carboxylic acids is 1. The molecule has 0 unspecified atom stereocenters. The van der Waals surface area contributed by atoms with E-state index in [1.54, 1.807) is 16.0 Å². The summed E-state index contributed by atoms with van der Waals surface area (Å²) in [5, 5.41) is 23.1. The van der Waals surface area contributed by atoms with Crippen LogP contribution in [-0.2, 0) is 11.3 Å². The Morgan fingerprint density at radius 1 is 1.58 bits per heavy atom. The number of hydrogen-bond donors (Lipinski definition) is 1. The summed E-state index contributed by atoms with van der Waals surface area (Å²) in [6, 6.07) is 2.01. The van der Waals surface area contributed by atoms with Gasteiger partial charge in [-0.1, -0.05) is 6.42 Å². The summed E-state index contributed by atoms with van der Waals surface area (Å²) in [5.74, 6) is -0.0804. The number of thiophene rings is 1. The molecule has 0 aliphatic heterocycles. The van der Waals surface area contributed by atoms with E-state index in [1.165, 1.54) is 0 Å². The van der Waals surface area contributed by atoms with Crippen LogP contribution in [-0.4, -0.2) is 31.3 Å². The highest BCUT2D eigenvalue weighted by atomic mass is 32.1. The summed E-state index contributed by atoms with van der Waals surface area (Å²) >= 11 is 1.57. The zero-order valence-corrected chi connectivity index (χ0v) is 11.4. The van der Waals surface area contributed by atoms with Crippen molar-refractivity contribution in [2.45, 2.75) is 32.7 Å². The van der Waals surface area contributed by atoms with Crippen LogP contribution < -0.4 is 0 Å². The average molecular weight is 278 g/mol. The number of aryl methyl sites for hydroxylation is 1. The van der Waals surface area contributed by atoms with Gasteiger partial charge in [0.25, 0.3) is 0 Å². The minimum atomic E-state index is -0.747. The minimum absolute atomic E-state index is 0.349. The fourth-order valence-electron chi connectivity index (χ4n) is 2.41. The standard InChI is InChI=1S/C12H14N4O2S/c1-8-3-6-19-9(8)10-13-14-15-16(10)7-12(11(17)18)4-2-5-12/h3,6H,2,4-5,7H2,1H3,(H,17,18). The molecule has 0 radical (unpaired) electrons. The van der Waals surface area contributed by atoms with E-state index in [0.717, 1.165) is 16.9 Å². The fraction of sp³-hybridized carbons (Fsp3) is 0.500. The van der Waals surface area contributed by atoms with E-state index in [0.29, 0.717) is 25.2 Å². The smallest absolute Gasteiger partial charge is 0.311 e. The molecule has 0 aromatic carbocycles. The Balaban J connectivity index is 1.93. The molecular formula is C12H14N4O2S. The Bertz CT molecular complexity index is 615. The van der Waals surface area contributed by atoms with E-state index < -0.39 is 11.4 Å². The number of tetrazole rings is 1. The van der Waals surface area contributed by atoms with Crippen LogP contribution in [0.3, 0.4) is 0 Å². The lowest BCUT2D eigenvalue weighted by molar-refractivity contribution is -0.156. The van der Waals surface area contributed by atoms with Gasteiger partial charge >= 0.3 is 5.97 Å². The van der Waals surface area contributed by atoms with Gasteiger partial charge in [0.05, 0.1) is 16.8 Å². The van der Waals surface area contributed by atoms with Gasteiger partial charge in [-0.3, -0.25) is 4.79 Å². The normalized spacial score (nSPS) is 17.1. The van der Waals surface area contributed by atoms with Crippen molar-refractivity contribution < 1.29 is 9.90 Å². The molecule has 1 aliphatic rings. The predicted octanol–water partition coefficient (Wildman–Crippen LogP) is 1.96. The molecule has 2 heterocycles. The van der Waals surface area contributed by atoms with Gasteiger partial charge in [-0.15, -0.1) is 16.4 Å². The number of hydrogen-bond acceptors (Lipinski definition) is 5. The van der Waals surface area contributed by atoms with Crippen LogP contribution >= 0.6 is 11.3 Å². The van der Waals surface area contributed by atoms with Crippen LogP contribution in [0.5, 0.6) is 0 Å². The van der Waals surface area contributed by atoms with Gasteiger partial charge in [-0.25, -0.2) is 4.68 Å². The van der Waals surface area contributed by atoms with Crippen molar-refractivity contribution in [3.05, 3.63) is 17.0 Å². The molecule has 2 aromatic rings. The summed E-state index contributed by atoms with van der Waals surface area (Å²) in [6.07, 6.45) is 2.36. The Morgan fingerprint density at radius 2 is 2.37 bits per heavy atom. The SMILES string of the molecule is Cc1ccsc1-c1nnnn1CC1(C(=O)O)CCC1. The highest BCUT2D eigenvalue weighted by Crippen LogP contribution is 2.43. The predicted molar refractivity (Wildman–Crippen MR) is 69.8 cm³/mol. The molecule has 3 rings (SSSR count). The summed E-state index contributed by atoms with van der Waals surface area (Å²) in [7, 11) is 0. The van der Waals surface area contributed by atoms with Gasteiger partial charge in [-0.05, 0) is 47.2 Å². The van der Waals surface area contributed by atoms with Gasteiger partial charge < -0.3 is 5.11 Å². The van der Waals surface area contributed by atoms with Crippen molar-refractivity contribution >= 4 is 17.3 Å². The van der Waals surface area contributed by atoms with Crippen molar-refractivity contribution in [1.29, 1.82) is 0 Å². The lowest BCUT2D eigenvalue weighted by Crippen LogP contribution is -2.42. The molecule has 19 heavy (non-hydrogen) atoms. The third kappa shape index (κ3) is 1.94. The van der Waals surface area contributed by atoms with Crippen LogP contribution in [0.25, 0.3) is 10.7 Å². The Morgan fingerprint density at radius 3 is 2.89 bits per heavy atom. The molecule has 1 fully saturated rings. The Kier molecular flexibility index (Phi) is 2.85. The summed E-state index contributed by atoms with van der Waals surface area (Å²) < 4.78 is 1.63. The number of nitrogens with zero attached hydrogens (tertiary/aromatic N) is 4. The van der Waals surface area contributed by atoms with E-state index in [-0.39, 0.29) is 0 Å². The van der Waals surface area contributed by atoms with E-state index in [9.17, 15) is 9.90 Å². The number of aliphatic carboxylic acids is 1. The van der Waals surface area contributed by atoms with Gasteiger partial charge in [0.1, 0.15) is 0 Å². The van der Waals surface area contributed by atoms with E-state index in [2.05, 4.69) is 15.5 Å². The van der Waals surface area contributed by atoms with Gasteiger partial charge in [-0.2, -0.15) is 0 Å². The zero-order chi connectivity index (χ0) is 13.5. The average Bonchev–Trinajstić information content (AvgIpc) is 2.91. The maximum absolute atomic E-state index is 11.4. The topological polar surface area (TPSA) is 80.9 Å². The second-order valence-electron chi connectivity index (χ2n) is 5.03. The third-order valence-corrected chi connectivity index (χ3v) is 4.83. The van der Waals surface area contributed by atoms with Crippen molar-refractivity contribution in [3.63, 3.8) is 0 Å². The van der Waals surface area contributed by atoms with Crippen molar-refractivity contribution in [2.75, 3.05) is 0 Å². The first-order chi connectivity index (χ1) is 9.12. The molecule has 1 saturated carbocycles. The molecule has 6 nitrogen and oxygen atoms in total. The molecule has 1 aliphatic carbocycles. The van der Waals surface area contributed by atoms with Crippen LogP contribution in [0.1, 0.15) is 24.8 Å². The quantitative estimate of drug-likeness (QED) is 0.924. The van der Waals surface area contributed by atoms with Crippen LogP contribution in [0.2, 0.25) is 0 Å². The third-order valence-electron chi connectivity index (χ3n) is 3.81. The highest BCUT2D eigenvalue weighted by Gasteiger charge is 2.45. The Hall–Kier alpha value is -1.76. The molecule has 7 heteroatoms. The number of carboxylic acid groups (broad SMARTS) is 1. The molecule has 1 N–H and O–H groups in total. The molecule has 0 amide bonds. The van der Waals surface area contributed by atoms with Crippen molar-refractivity contribution in [3.8, 4) is 10.7 Å². The van der Waals surface area contributed by atoms with Crippen molar-refractivity contribution in [2.24, 2.45) is 5.41 Å². The van der Waals surface area contributed by atoms with Crippen LogP contribution in [0.4, 0.5) is 0 Å². The van der Waals surface area contributed by atoms with Gasteiger partial charge in [0.2, 0.25) is 0 Å². The molecule has 2 aromatic heterocycles. The van der Waals surface area contributed by atoms with Gasteiger partial charge in [0, 0.05) is 0 Å². The van der Waals surface area contributed by atoms with E-state index in [4.69, 9.17) is 0 Å². The number of aromatic nitrogens is 4. The Labute approximate surface area is 114 Å². The minimum Gasteiger partial charge on any atom is -0.481 e. The van der Waals surface area contributed by atoms with Gasteiger partial charge in [0.15, 0.2) is 5.82 Å². The first kappa shape index (κ1) is 12.3. The van der Waals surface area contributed by atoms with E-state index in [1.807, 2.05) is 18.4 Å². The molecule has 100 valence electrons. The molecule has 0 bridgehead atoms. The molecular weight excluding hydrogens is 264 g/mol. The summed E-state index contributed by atoms with van der Waals surface area (Å²) in [5.41, 5.74) is 0.425. The first-order valence-electron chi connectivity index (χ1n) is 6.16. The number of carbonyl (C=O) groups is 1. The fourth-order valence-corrected chi connectivity index (χ4v) is 3.32. The maximum atomic E-state index is 11.4. The number of rotatable bonds is 4.